The van der Waals surface area contributed by atoms with Crippen LogP contribution in [0.5, 0.6) is 0 Å². The molecule has 0 saturated carbocycles. The molecule has 0 radical (unpaired) electrons. The third-order valence-corrected chi connectivity index (χ3v) is 3.72. The molecule has 1 fully saturated rings. The van der Waals surface area contributed by atoms with E-state index in [9.17, 15) is 4.79 Å². The maximum atomic E-state index is 12.5. The van der Waals surface area contributed by atoms with Gasteiger partial charge in [0.05, 0.1) is 0 Å². The Bertz CT molecular complexity index is 596. The first kappa shape index (κ1) is 12.1. The van der Waals surface area contributed by atoms with Gasteiger partial charge in [-0.15, -0.1) is 0 Å². The van der Waals surface area contributed by atoms with Gasteiger partial charge in [-0.2, -0.15) is 15.4 Å². The summed E-state index contributed by atoms with van der Waals surface area (Å²) in [6.07, 6.45) is 1.20. The zero-order valence-corrected chi connectivity index (χ0v) is 11.3. The van der Waals surface area contributed by atoms with Crippen LogP contribution in [0, 0.1) is 11.8 Å². The SMILES string of the molecule is C[C@@H]1C[C@@H](C)CN(C(=O)c2ccc3n[nH]nc3c2)C1. The average molecular weight is 258 g/mol. The molecule has 1 amide bonds. The molecule has 2 atom stereocenters. The van der Waals surface area contributed by atoms with Crippen LogP contribution in [-0.2, 0) is 0 Å². The number of amides is 1. The topological polar surface area (TPSA) is 61.9 Å². The number of nitrogens with zero attached hydrogens (tertiary/aromatic N) is 3. The quantitative estimate of drug-likeness (QED) is 0.851. The van der Waals surface area contributed by atoms with Crippen LogP contribution < -0.4 is 0 Å². The lowest BCUT2D eigenvalue weighted by Gasteiger charge is -2.35. The van der Waals surface area contributed by atoms with Crippen molar-refractivity contribution in [2.24, 2.45) is 11.8 Å². The Hall–Kier alpha value is -1.91. The van der Waals surface area contributed by atoms with Gasteiger partial charge in [-0.25, -0.2) is 0 Å². The van der Waals surface area contributed by atoms with Gasteiger partial charge in [0.1, 0.15) is 11.0 Å². The average Bonchev–Trinajstić information content (AvgIpc) is 2.83. The third kappa shape index (κ3) is 2.32. The summed E-state index contributed by atoms with van der Waals surface area (Å²) in [6.45, 7) is 6.10. The number of carbonyl (C=O) groups excluding carboxylic acids is 1. The number of H-pyrrole nitrogens is 1. The van der Waals surface area contributed by atoms with Gasteiger partial charge in [-0.05, 0) is 36.5 Å². The molecule has 100 valence electrons. The van der Waals surface area contributed by atoms with Crippen LogP contribution in [0.1, 0.15) is 30.6 Å². The van der Waals surface area contributed by atoms with E-state index in [1.54, 1.807) is 0 Å². The second-order valence-corrected chi connectivity index (χ2v) is 5.68. The molecule has 0 bridgehead atoms. The summed E-state index contributed by atoms with van der Waals surface area (Å²) in [5.41, 5.74) is 2.23. The number of piperidine rings is 1. The minimum Gasteiger partial charge on any atom is -0.338 e. The maximum Gasteiger partial charge on any atom is 0.253 e. The second kappa shape index (κ2) is 4.64. The summed E-state index contributed by atoms with van der Waals surface area (Å²) in [5.74, 6) is 1.25. The van der Waals surface area contributed by atoms with Crippen LogP contribution in [0.3, 0.4) is 0 Å². The lowest BCUT2D eigenvalue weighted by molar-refractivity contribution is 0.0623. The van der Waals surface area contributed by atoms with Gasteiger partial charge in [-0.3, -0.25) is 4.79 Å². The number of fused-ring (bicyclic) bond motifs is 1. The van der Waals surface area contributed by atoms with Crippen LogP contribution in [0.25, 0.3) is 11.0 Å². The Morgan fingerprint density at radius 1 is 1.21 bits per heavy atom. The molecule has 1 N–H and O–H groups in total. The van der Waals surface area contributed by atoms with E-state index in [1.807, 2.05) is 23.1 Å². The van der Waals surface area contributed by atoms with Gasteiger partial charge in [0, 0.05) is 18.7 Å². The summed E-state index contributed by atoms with van der Waals surface area (Å²) in [7, 11) is 0. The standard InChI is InChI=1S/C14H18N4O/c1-9-5-10(2)8-18(7-9)14(19)11-3-4-12-13(6-11)16-17-15-12/h3-4,6,9-10H,5,7-8H2,1-2H3,(H,15,16,17)/t9-,10-/m1/s1. The molecule has 0 spiro atoms. The van der Waals surface area contributed by atoms with Gasteiger partial charge in [0.25, 0.3) is 5.91 Å². The van der Waals surface area contributed by atoms with E-state index in [4.69, 9.17) is 0 Å². The van der Waals surface area contributed by atoms with Crippen LogP contribution in [0.2, 0.25) is 0 Å². The van der Waals surface area contributed by atoms with Crippen LogP contribution in [-0.4, -0.2) is 39.3 Å². The molecule has 2 aromatic rings. The van der Waals surface area contributed by atoms with Crippen LogP contribution in [0.4, 0.5) is 0 Å². The molecule has 1 saturated heterocycles. The van der Waals surface area contributed by atoms with Crippen molar-refractivity contribution < 1.29 is 4.79 Å². The molecule has 1 aromatic heterocycles. The van der Waals surface area contributed by atoms with Crippen LogP contribution >= 0.6 is 0 Å². The number of likely N-dealkylation sites (tertiary alicyclic amines) is 1. The van der Waals surface area contributed by atoms with E-state index in [0.29, 0.717) is 17.4 Å². The monoisotopic (exact) mass is 258 g/mol. The number of aromatic nitrogens is 3. The number of rotatable bonds is 1. The van der Waals surface area contributed by atoms with Gasteiger partial charge in [0.2, 0.25) is 0 Å². The highest BCUT2D eigenvalue weighted by molar-refractivity contribution is 5.97. The predicted octanol–water partition coefficient (Wildman–Crippen LogP) is 2.08. The number of carbonyl (C=O) groups is 1. The number of hydrogen-bond acceptors (Lipinski definition) is 3. The van der Waals surface area contributed by atoms with E-state index in [1.165, 1.54) is 6.42 Å². The van der Waals surface area contributed by atoms with E-state index < -0.39 is 0 Å². The van der Waals surface area contributed by atoms with Crippen molar-refractivity contribution in [3.63, 3.8) is 0 Å². The minimum absolute atomic E-state index is 0.100. The van der Waals surface area contributed by atoms with Crippen molar-refractivity contribution >= 4 is 16.9 Å². The Morgan fingerprint density at radius 3 is 2.63 bits per heavy atom. The number of aromatic amines is 1. The van der Waals surface area contributed by atoms with E-state index in [-0.39, 0.29) is 5.91 Å². The molecule has 0 unspecified atom stereocenters. The highest BCUT2D eigenvalue weighted by Gasteiger charge is 2.26. The van der Waals surface area contributed by atoms with Crippen molar-refractivity contribution in [3.8, 4) is 0 Å². The second-order valence-electron chi connectivity index (χ2n) is 5.68. The molecular formula is C14H18N4O. The van der Waals surface area contributed by atoms with Crippen molar-refractivity contribution in [1.82, 2.24) is 20.3 Å². The molecule has 2 heterocycles. The van der Waals surface area contributed by atoms with E-state index in [0.717, 1.165) is 24.1 Å². The lowest BCUT2D eigenvalue weighted by atomic mass is 9.91. The number of hydrogen-bond donors (Lipinski definition) is 1. The van der Waals surface area contributed by atoms with Crippen molar-refractivity contribution in [2.45, 2.75) is 20.3 Å². The Balaban J connectivity index is 1.86. The third-order valence-electron chi connectivity index (χ3n) is 3.72. The fraction of sp³-hybridized carbons (Fsp3) is 0.500. The molecule has 5 nitrogen and oxygen atoms in total. The molecule has 1 aliphatic rings. The Kier molecular flexibility index (Phi) is 2.97. The van der Waals surface area contributed by atoms with E-state index in [2.05, 4.69) is 29.3 Å². The summed E-state index contributed by atoms with van der Waals surface area (Å²) in [4.78, 5) is 14.5. The maximum absolute atomic E-state index is 12.5. The molecular weight excluding hydrogens is 240 g/mol. The van der Waals surface area contributed by atoms with Crippen molar-refractivity contribution in [3.05, 3.63) is 23.8 Å². The zero-order chi connectivity index (χ0) is 13.4. The summed E-state index contributed by atoms with van der Waals surface area (Å²) in [5, 5.41) is 10.6. The Labute approximate surface area is 112 Å². The first-order valence-electron chi connectivity index (χ1n) is 6.73. The number of benzene rings is 1. The lowest BCUT2D eigenvalue weighted by Crippen LogP contribution is -2.42. The molecule has 0 aliphatic carbocycles. The summed E-state index contributed by atoms with van der Waals surface area (Å²) >= 11 is 0. The van der Waals surface area contributed by atoms with Gasteiger partial charge >= 0.3 is 0 Å². The van der Waals surface area contributed by atoms with E-state index >= 15 is 0 Å². The molecule has 5 heteroatoms. The first-order valence-corrected chi connectivity index (χ1v) is 6.73. The molecule has 1 aliphatic heterocycles. The molecule has 3 rings (SSSR count). The number of nitrogens with one attached hydrogen (secondary N) is 1. The summed E-state index contributed by atoms with van der Waals surface area (Å²) in [6, 6.07) is 5.48. The first-order chi connectivity index (χ1) is 9.13. The summed E-state index contributed by atoms with van der Waals surface area (Å²) < 4.78 is 0. The zero-order valence-electron chi connectivity index (χ0n) is 11.3. The highest BCUT2D eigenvalue weighted by atomic mass is 16.2. The molecule has 19 heavy (non-hydrogen) atoms. The smallest absolute Gasteiger partial charge is 0.253 e. The van der Waals surface area contributed by atoms with Gasteiger partial charge in [-0.1, -0.05) is 13.8 Å². The van der Waals surface area contributed by atoms with Gasteiger partial charge < -0.3 is 4.90 Å². The largest absolute Gasteiger partial charge is 0.338 e. The van der Waals surface area contributed by atoms with Crippen molar-refractivity contribution in [1.29, 1.82) is 0 Å². The highest BCUT2D eigenvalue weighted by Crippen LogP contribution is 2.23. The molecule has 1 aromatic carbocycles. The van der Waals surface area contributed by atoms with Gasteiger partial charge in [0.15, 0.2) is 0 Å². The van der Waals surface area contributed by atoms with Crippen LogP contribution in [0.15, 0.2) is 18.2 Å². The van der Waals surface area contributed by atoms with Crippen molar-refractivity contribution in [2.75, 3.05) is 13.1 Å². The minimum atomic E-state index is 0.100. The predicted molar refractivity (Wildman–Crippen MR) is 72.7 cm³/mol. The Morgan fingerprint density at radius 2 is 1.89 bits per heavy atom. The fourth-order valence-corrected chi connectivity index (χ4v) is 2.98. The fourth-order valence-electron chi connectivity index (χ4n) is 2.98. The normalized spacial score (nSPS) is 23.8.